The van der Waals surface area contributed by atoms with Crippen LogP contribution in [0.5, 0.6) is 0 Å². The van der Waals surface area contributed by atoms with Gasteiger partial charge in [-0.25, -0.2) is 0 Å². The molecule has 0 spiro atoms. The molecule has 1 aromatic heterocycles. The van der Waals surface area contributed by atoms with Gasteiger partial charge >= 0.3 is 5.97 Å². The average molecular weight is 227 g/mol. The van der Waals surface area contributed by atoms with Crippen molar-refractivity contribution >= 4 is 17.3 Å². The Balaban J connectivity index is 2.44. The van der Waals surface area contributed by atoms with Gasteiger partial charge in [-0.15, -0.1) is 11.3 Å². The highest BCUT2D eigenvalue weighted by molar-refractivity contribution is 7.09. The summed E-state index contributed by atoms with van der Waals surface area (Å²) < 4.78 is 0. The maximum absolute atomic E-state index is 10.7. The second-order valence-corrected chi connectivity index (χ2v) is 4.56. The number of nitrogens with one attached hydrogen (secondary N) is 1. The minimum atomic E-state index is -0.736. The summed E-state index contributed by atoms with van der Waals surface area (Å²) in [7, 11) is 0. The zero-order chi connectivity index (χ0) is 11.1. The van der Waals surface area contributed by atoms with E-state index in [2.05, 4.69) is 12.2 Å². The summed E-state index contributed by atoms with van der Waals surface area (Å²) in [5.74, 6) is -0.736. The predicted molar refractivity (Wildman–Crippen MR) is 62.4 cm³/mol. The first kappa shape index (κ1) is 12.2. The topological polar surface area (TPSA) is 49.3 Å². The van der Waals surface area contributed by atoms with Crippen LogP contribution in [0, 0.1) is 0 Å². The van der Waals surface area contributed by atoms with E-state index in [1.807, 2.05) is 17.5 Å². The minimum Gasteiger partial charge on any atom is -0.481 e. The summed E-state index contributed by atoms with van der Waals surface area (Å²) in [4.78, 5) is 11.9. The second kappa shape index (κ2) is 6.58. The Hall–Kier alpha value is -0.870. The lowest BCUT2D eigenvalue weighted by molar-refractivity contribution is -0.137. The monoisotopic (exact) mass is 227 g/mol. The molecule has 2 N–H and O–H groups in total. The van der Waals surface area contributed by atoms with E-state index in [1.54, 1.807) is 11.3 Å². The summed E-state index contributed by atoms with van der Waals surface area (Å²) in [5.41, 5.74) is 0. The van der Waals surface area contributed by atoms with Crippen LogP contribution in [0.4, 0.5) is 0 Å². The Morgan fingerprint density at radius 1 is 1.67 bits per heavy atom. The molecule has 84 valence electrons. The molecule has 4 heteroatoms. The normalized spacial score (nSPS) is 12.6. The van der Waals surface area contributed by atoms with E-state index in [1.165, 1.54) is 4.88 Å². The Labute approximate surface area is 94.1 Å². The van der Waals surface area contributed by atoms with Crippen LogP contribution in [0.25, 0.3) is 0 Å². The molecule has 0 aliphatic carbocycles. The van der Waals surface area contributed by atoms with Gasteiger partial charge in [-0.2, -0.15) is 0 Å². The number of carboxylic acids is 1. The number of carbonyl (C=O) groups is 1. The van der Waals surface area contributed by atoms with Crippen LogP contribution in [-0.2, 0) is 11.2 Å². The van der Waals surface area contributed by atoms with Crippen molar-refractivity contribution in [3.05, 3.63) is 22.4 Å². The molecule has 1 atom stereocenters. The van der Waals surface area contributed by atoms with Crippen LogP contribution in [0.2, 0.25) is 0 Å². The third kappa shape index (κ3) is 4.95. The fourth-order valence-corrected chi connectivity index (χ4v) is 2.23. The summed E-state index contributed by atoms with van der Waals surface area (Å²) in [6.45, 7) is 2.96. The van der Waals surface area contributed by atoms with Crippen molar-refractivity contribution in [2.24, 2.45) is 0 Å². The van der Waals surface area contributed by atoms with Crippen LogP contribution in [0.15, 0.2) is 17.5 Å². The molecule has 0 fully saturated rings. The van der Waals surface area contributed by atoms with Gasteiger partial charge in [0.2, 0.25) is 0 Å². The van der Waals surface area contributed by atoms with E-state index >= 15 is 0 Å². The van der Waals surface area contributed by atoms with Gasteiger partial charge in [-0.1, -0.05) is 13.0 Å². The SMILES string of the molecule is CCCNC(CC(=O)O)Cc1cccs1. The third-order valence-corrected chi connectivity index (χ3v) is 3.03. The van der Waals surface area contributed by atoms with Crippen LogP contribution in [0.1, 0.15) is 24.6 Å². The molecule has 3 nitrogen and oxygen atoms in total. The highest BCUT2D eigenvalue weighted by Crippen LogP contribution is 2.12. The molecule has 1 unspecified atom stereocenters. The van der Waals surface area contributed by atoms with E-state index in [4.69, 9.17) is 5.11 Å². The Morgan fingerprint density at radius 2 is 2.47 bits per heavy atom. The first-order valence-electron chi connectivity index (χ1n) is 5.20. The van der Waals surface area contributed by atoms with Crippen molar-refractivity contribution in [2.75, 3.05) is 6.54 Å². The smallest absolute Gasteiger partial charge is 0.304 e. The molecular formula is C11H17NO2S. The Morgan fingerprint density at radius 3 is 3.00 bits per heavy atom. The highest BCUT2D eigenvalue weighted by atomic mass is 32.1. The van der Waals surface area contributed by atoms with Gasteiger partial charge in [0.25, 0.3) is 0 Å². The molecule has 1 heterocycles. The lowest BCUT2D eigenvalue weighted by atomic mass is 10.1. The third-order valence-electron chi connectivity index (χ3n) is 2.13. The summed E-state index contributed by atoms with van der Waals surface area (Å²) in [6, 6.07) is 4.10. The highest BCUT2D eigenvalue weighted by Gasteiger charge is 2.13. The summed E-state index contributed by atoms with van der Waals surface area (Å²) in [5, 5.41) is 14.1. The van der Waals surface area contributed by atoms with Crippen LogP contribution >= 0.6 is 11.3 Å². The largest absolute Gasteiger partial charge is 0.481 e. The lowest BCUT2D eigenvalue weighted by Crippen LogP contribution is -2.33. The fraction of sp³-hybridized carbons (Fsp3) is 0.545. The molecule has 0 bridgehead atoms. The van der Waals surface area contributed by atoms with Crippen LogP contribution in [-0.4, -0.2) is 23.7 Å². The van der Waals surface area contributed by atoms with E-state index in [0.717, 1.165) is 19.4 Å². The quantitative estimate of drug-likeness (QED) is 0.750. The lowest BCUT2D eigenvalue weighted by Gasteiger charge is -2.15. The second-order valence-electron chi connectivity index (χ2n) is 3.53. The minimum absolute atomic E-state index is 0.0566. The summed E-state index contributed by atoms with van der Waals surface area (Å²) in [6.07, 6.45) is 2.03. The number of thiophene rings is 1. The zero-order valence-electron chi connectivity index (χ0n) is 8.90. The molecule has 0 radical (unpaired) electrons. The molecule has 0 aliphatic heterocycles. The van der Waals surface area contributed by atoms with Crippen molar-refractivity contribution in [3.8, 4) is 0 Å². The average Bonchev–Trinajstić information content (AvgIpc) is 2.66. The standard InChI is InChI=1S/C11H17NO2S/c1-2-5-12-9(8-11(13)14)7-10-4-3-6-15-10/h3-4,6,9,12H,2,5,7-8H2,1H3,(H,13,14). The van der Waals surface area contributed by atoms with Crippen molar-refractivity contribution in [1.82, 2.24) is 5.32 Å². The van der Waals surface area contributed by atoms with E-state index in [9.17, 15) is 4.79 Å². The maximum Gasteiger partial charge on any atom is 0.304 e. The van der Waals surface area contributed by atoms with Crippen molar-refractivity contribution in [3.63, 3.8) is 0 Å². The fourth-order valence-electron chi connectivity index (χ4n) is 1.45. The molecule has 0 saturated carbocycles. The van der Waals surface area contributed by atoms with E-state index in [0.29, 0.717) is 0 Å². The van der Waals surface area contributed by atoms with Crippen LogP contribution in [0.3, 0.4) is 0 Å². The van der Waals surface area contributed by atoms with Crippen LogP contribution < -0.4 is 5.32 Å². The molecule has 15 heavy (non-hydrogen) atoms. The summed E-state index contributed by atoms with van der Waals surface area (Å²) >= 11 is 1.68. The molecule has 0 saturated heterocycles. The van der Waals surface area contributed by atoms with E-state index in [-0.39, 0.29) is 12.5 Å². The van der Waals surface area contributed by atoms with Gasteiger partial charge in [-0.05, 0) is 30.8 Å². The van der Waals surface area contributed by atoms with Gasteiger partial charge in [0.05, 0.1) is 6.42 Å². The first-order valence-corrected chi connectivity index (χ1v) is 6.08. The molecular weight excluding hydrogens is 210 g/mol. The van der Waals surface area contributed by atoms with Gasteiger partial charge in [-0.3, -0.25) is 4.79 Å². The number of hydrogen-bond donors (Lipinski definition) is 2. The van der Waals surface area contributed by atoms with Crippen molar-refractivity contribution < 1.29 is 9.90 Å². The number of hydrogen-bond acceptors (Lipinski definition) is 3. The van der Waals surface area contributed by atoms with Gasteiger partial charge in [0, 0.05) is 10.9 Å². The molecule has 1 rings (SSSR count). The first-order chi connectivity index (χ1) is 7.22. The number of carboxylic acid groups (broad SMARTS) is 1. The van der Waals surface area contributed by atoms with Gasteiger partial charge in [0.15, 0.2) is 0 Å². The van der Waals surface area contributed by atoms with E-state index < -0.39 is 5.97 Å². The maximum atomic E-state index is 10.7. The van der Waals surface area contributed by atoms with Crippen molar-refractivity contribution in [1.29, 1.82) is 0 Å². The van der Waals surface area contributed by atoms with Gasteiger partial charge < -0.3 is 10.4 Å². The zero-order valence-corrected chi connectivity index (χ0v) is 9.72. The Kier molecular flexibility index (Phi) is 5.36. The Bertz CT molecular complexity index is 285. The molecule has 0 aliphatic rings. The number of rotatable bonds is 7. The predicted octanol–water partition coefficient (Wildman–Crippen LogP) is 2.13. The van der Waals surface area contributed by atoms with Crippen molar-refractivity contribution in [2.45, 2.75) is 32.2 Å². The molecule has 0 aromatic carbocycles. The van der Waals surface area contributed by atoms with Gasteiger partial charge in [0.1, 0.15) is 0 Å². The molecule has 0 amide bonds. The molecule has 1 aromatic rings. The number of aliphatic carboxylic acids is 1.